The van der Waals surface area contributed by atoms with Gasteiger partial charge in [0.05, 0.1) is 27.2 Å². The Morgan fingerprint density at radius 2 is 1.92 bits per heavy atom. The molecule has 0 N–H and O–H groups in total. The monoisotopic (exact) mass is 269 g/mol. The van der Waals surface area contributed by atoms with E-state index in [0.29, 0.717) is 0 Å². The number of hydrogen-bond donors (Lipinski definition) is 0. The van der Waals surface area contributed by atoms with Gasteiger partial charge >= 0.3 is 0 Å². The highest BCUT2D eigenvalue weighted by atomic mass is 79.9. The largest absolute Gasteiger partial charge is 1.00 e. The van der Waals surface area contributed by atoms with Crippen LogP contribution in [0.2, 0.25) is 0 Å². The van der Waals surface area contributed by atoms with Gasteiger partial charge in [0.25, 0.3) is 0 Å². The van der Waals surface area contributed by atoms with Gasteiger partial charge in [-0.2, -0.15) is 0 Å². The summed E-state index contributed by atoms with van der Waals surface area (Å²) in [6.07, 6.45) is 4.66. The van der Waals surface area contributed by atoms with Gasteiger partial charge < -0.3 is 21.5 Å². The summed E-state index contributed by atoms with van der Waals surface area (Å²) < 4.78 is 1.04. The van der Waals surface area contributed by atoms with Crippen LogP contribution in [0.3, 0.4) is 0 Å². The molecule has 80 valence electrons. The summed E-state index contributed by atoms with van der Waals surface area (Å²) in [5.41, 5.74) is 0. The summed E-state index contributed by atoms with van der Waals surface area (Å²) in [4.78, 5) is 0. The fourth-order valence-electron chi connectivity index (χ4n) is 1.05. The van der Waals surface area contributed by atoms with Crippen molar-refractivity contribution in [2.24, 2.45) is 0 Å². The van der Waals surface area contributed by atoms with Crippen LogP contribution < -0.4 is 17.0 Å². The van der Waals surface area contributed by atoms with E-state index in [2.05, 4.69) is 27.1 Å². The predicted molar refractivity (Wildman–Crippen MR) is 56.4 cm³/mol. The molecule has 0 aromatic carbocycles. The van der Waals surface area contributed by atoms with Gasteiger partial charge in [-0.25, -0.2) is 0 Å². The first-order valence-electron chi connectivity index (χ1n) is 4.62. The van der Waals surface area contributed by atoms with Crippen molar-refractivity contribution in [3.05, 3.63) is 11.1 Å². The smallest absolute Gasteiger partial charge is 0.0983 e. The summed E-state index contributed by atoms with van der Waals surface area (Å²) in [7, 11) is 4.48. The summed E-state index contributed by atoms with van der Waals surface area (Å²) in [5.74, 6) is 0. The van der Waals surface area contributed by atoms with Crippen LogP contribution in [0, 0.1) is 0 Å². The summed E-state index contributed by atoms with van der Waals surface area (Å²) in [6.45, 7) is 6.43. The standard InChI is InChI=1S/C10H21ClN.BrH/c1-5-6-8-12(3,4)9-7-10(2)11;/h7H,5-6,8-9H2,1-4H3;1H/q+1;/p-1/b10-7-;. The topological polar surface area (TPSA) is 0 Å². The summed E-state index contributed by atoms with van der Waals surface area (Å²) >= 11 is 5.77. The maximum absolute atomic E-state index is 5.77. The van der Waals surface area contributed by atoms with E-state index in [0.717, 1.165) is 16.1 Å². The van der Waals surface area contributed by atoms with Gasteiger partial charge in [-0.15, -0.1) is 0 Å². The van der Waals surface area contributed by atoms with E-state index in [4.69, 9.17) is 11.6 Å². The lowest BCUT2D eigenvalue weighted by atomic mass is 10.3. The van der Waals surface area contributed by atoms with Crippen LogP contribution >= 0.6 is 11.6 Å². The maximum Gasteiger partial charge on any atom is 0.0983 e. The molecule has 0 bridgehead atoms. The third-order valence-electron chi connectivity index (χ3n) is 1.98. The molecule has 0 spiro atoms. The Balaban J connectivity index is 0. The lowest BCUT2D eigenvalue weighted by molar-refractivity contribution is -0.884. The highest BCUT2D eigenvalue weighted by Crippen LogP contribution is 2.05. The van der Waals surface area contributed by atoms with Crippen molar-refractivity contribution in [3.63, 3.8) is 0 Å². The molecule has 0 fully saturated rings. The van der Waals surface area contributed by atoms with Crippen molar-refractivity contribution in [1.82, 2.24) is 0 Å². The molecule has 0 aliphatic rings. The predicted octanol–water partition coefficient (Wildman–Crippen LogP) is 0.00950. The first-order valence-corrected chi connectivity index (χ1v) is 5.00. The Labute approximate surface area is 98.1 Å². The highest BCUT2D eigenvalue weighted by molar-refractivity contribution is 6.29. The van der Waals surface area contributed by atoms with Crippen LogP contribution in [-0.2, 0) is 0 Å². The SMILES string of the molecule is CCCC[N+](C)(C)C/C=C(/C)Cl.[Br-]. The highest BCUT2D eigenvalue weighted by Gasteiger charge is 2.11. The van der Waals surface area contributed by atoms with Crippen LogP contribution in [0.15, 0.2) is 11.1 Å². The first kappa shape index (κ1) is 15.9. The van der Waals surface area contributed by atoms with E-state index in [1.165, 1.54) is 19.4 Å². The minimum atomic E-state index is 0. The minimum Gasteiger partial charge on any atom is -1.00 e. The number of quaternary nitrogens is 1. The second-order valence-electron chi connectivity index (χ2n) is 3.99. The van der Waals surface area contributed by atoms with Crippen molar-refractivity contribution in [2.75, 3.05) is 27.2 Å². The van der Waals surface area contributed by atoms with Crippen molar-refractivity contribution in [2.45, 2.75) is 26.7 Å². The zero-order valence-corrected chi connectivity index (χ0v) is 11.5. The van der Waals surface area contributed by atoms with E-state index in [9.17, 15) is 0 Å². The van der Waals surface area contributed by atoms with Gasteiger partial charge in [0.1, 0.15) is 0 Å². The van der Waals surface area contributed by atoms with Gasteiger partial charge in [0.2, 0.25) is 0 Å². The van der Waals surface area contributed by atoms with Crippen LogP contribution in [-0.4, -0.2) is 31.7 Å². The average Bonchev–Trinajstić information content (AvgIpc) is 1.98. The van der Waals surface area contributed by atoms with E-state index < -0.39 is 0 Å². The van der Waals surface area contributed by atoms with Crippen molar-refractivity contribution >= 4 is 11.6 Å². The number of likely N-dealkylation sites (N-methyl/N-ethyl adjacent to an activating group) is 1. The van der Waals surface area contributed by atoms with Gasteiger partial charge in [-0.05, 0) is 19.4 Å². The van der Waals surface area contributed by atoms with Crippen molar-refractivity contribution < 1.29 is 21.5 Å². The average molecular weight is 271 g/mol. The second kappa shape index (κ2) is 7.84. The molecule has 0 aliphatic heterocycles. The van der Waals surface area contributed by atoms with E-state index in [1.807, 2.05) is 6.92 Å². The zero-order valence-electron chi connectivity index (χ0n) is 9.11. The Hall–Kier alpha value is 0.470. The Bertz CT molecular complexity index is 151. The zero-order chi connectivity index (χ0) is 9.61. The molecule has 0 amide bonds. The number of rotatable bonds is 5. The molecule has 0 rings (SSSR count). The molecule has 13 heavy (non-hydrogen) atoms. The second-order valence-corrected chi connectivity index (χ2v) is 4.58. The van der Waals surface area contributed by atoms with Gasteiger partial charge in [-0.1, -0.05) is 24.9 Å². The van der Waals surface area contributed by atoms with Gasteiger partial charge in [-0.3, -0.25) is 0 Å². The molecule has 0 saturated carbocycles. The fourth-order valence-corrected chi connectivity index (χ4v) is 1.12. The van der Waals surface area contributed by atoms with Gasteiger partial charge in [0.15, 0.2) is 0 Å². The molecule has 0 aromatic rings. The normalized spacial score (nSPS) is 12.5. The maximum atomic E-state index is 5.77. The van der Waals surface area contributed by atoms with Crippen LogP contribution in [0.5, 0.6) is 0 Å². The molecule has 1 nitrogen and oxygen atoms in total. The molecule has 0 radical (unpaired) electrons. The number of halogens is 2. The van der Waals surface area contributed by atoms with Crippen molar-refractivity contribution in [3.8, 4) is 0 Å². The lowest BCUT2D eigenvalue weighted by Crippen LogP contribution is -3.00. The fraction of sp³-hybridized carbons (Fsp3) is 0.800. The molecule has 0 saturated heterocycles. The number of unbranched alkanes of at least 4 members (excludes halogenated alkanes) is 1. The van der Waals surface area contributed by atoms with Crippen LogP contribution in [0.4, 0.5) is 0 Å². The van der Waals surface area contributed by atoms with E-state index in [1.54, 1.807) is 0 Å². The third-order valence-corrected chi connectivity index (χ3v) is 2.14. The number of nitrogens with zero attached hydrogens (tertiary/aromatic N) is 1. The molecular weight excluding hydrogens is 249 g/mol. The molecule has 0 aliphatic carbocycles. The molecule has 0 unspecified atom stereocenters. The Morgan fingerprint density at radius 1 is 1.38 bits per heavy atom. The van der Waals surface area contributed by atoms with E-state index >= 15 is 0 Å². The molecule has 0 heterocycles. The lowest BCUT2D eigenvalue weighted by Gasteiger charge is -2.28. The molecule has 0 atom stereocenters. The van der Waals surface area contributed by atoms with Crippen LogP contribution in [0.1, 0.15) is 26.7 Å². The third kappa shape index (κ3) is 10.4. The summed E-state index contributed by atoms with van der Waals surface area (Å²) in [5, 5.41) is 0.901. The summed E-state index contributed by atoms with van der Waals surface area (Å²) in [6, 6.07) is 0. The minimum absolute atomic E-state index is 0. The quantitative estimate of drug-likeness (QED) is 0.618. The molecule has 3 heteroatoms. The van der Waals surface area contributed by atoms with Crippen molar-refractivity contribution in [1.29, 1.82) is 0 Å². The van der Waals surface area contributed by atoms with Gasteiger partial charge in [0, 0.05) is 5.03 Å². The van der Waals surface area contributed by atoms with Crippen LogP contribution in [0.25, 0.3) is 0 Å². The molecular formula is C10H21BrClN. The Kier molecular flexibility index (Phi) is 9.60. The first-order chi connectivity index (χ1) is 5.48. The number of allylic oxidation sites excluding steroid dienone is 1. The van der Waals surface area contributed by atoms with E-state index in [-0.39, 0.29) is 17.0 Å². The number of hydrogen-bond acceptors (Lipinski definition) is 0. The molecule has 0 aromatic heterocycles. The Morgan fingerprint density at radius 3 is 2.31 bits per heavy atom.